The van der Waals surface area contributed by atoms with Crippen molar-refractivity contribution in [1.82, 2.24) is 15.0 Å². The van der Waals surface area contributed by atoms with E-state index in [1.807, 2.05) is 18.4 Å². The fraction of sp³-hybridized carbons (Fsp3) is 0.467. The molecule has 2 heterocycles. The number of rotatable bonds is 5. The van der Waals surface area contributed by atoms with Crippen LogP contribution in [0.25, 0.3) is 0 Å². The highest BCUT2D eigenvalue weighted by Gasteiger charge is 2.26. The standard InChI is InChI=1S/C15H18ClN3OS/c1-21-10-14-17-15(20-18-14)9-19-7-6-11(8-19)12-4-2-3-5-13(12)16/h2-5,11H,6-10H2,1H3/t11-/m0/s1. The number of aromatic nitrogens is 2. The number of thioether (sulfide) groups is 1. The summed E-state index contributed by atoms with van der Waals surface area (Å²) in [4.78, 5) is 6.76. The second-order valence-electron chi connectivity index (χ2n) is 5.28. The van der Waals surface area contributed by atoms with E-state index in [0.29, 0.717) is 11.8 Å². The van der Waals surface area contributed by atoms with Crippen molar-refractivity contribution in [2.75, 3.05) is 19.3 Å². The Bertz CT molecular complexity index is 604. The Morgan fingerprint density at radius 2 is 2.29 bits per heavy atom. The van der Waals surface area contributed by atoms with Gasteiger partial charge < -0.3 is 4.52 Å². The molecule has 1 aromatic carbocycles. The third-order valence-electron chi connectivity index (χ3n) is 3.76. The summed E-state index contributed by atoms with van der Waals surface area (Å²) in [5.74, 6) is 2.77. The van der Waals surface area contributed by atoms with Gasteiger partial charge in [-0.2, -0.15) is 16.7 Å². The first-order chi connectivity index (χ1) is 10.3. The van der Waals surface area contributed by atoms with Crippen LogP contribution in [0.15, 0.2) is 28.8 Å². The Labute approximate surface area is 133 Å². The zero-order chi connectivity index (χ0) is 14.7. The fourth-order valence-corrected chi connectivity index (χ4v) is 3.44. The molecular weight excluding hydrogens is 306 g/mol. The van der Waals surface area contributed by atoms with Crippen LogP contribution in [0.3, 0.4) is 0 Å². The minimum absolute atomic E-state index is 0.493. The molecule has 1 atom stereocenters. The van der Waals surface area contributed by atoms with Crippen molar-refractivity contribution in [3.05, 3.63) is 46.6 Å². The molecular formula is C15H18ClN3OS. The summed E-state index contributed by atoms with van der Waals surface area (Å²) in [7, 11) is 0. The average Bonchev–Trinajstić information content (AvgIpc) is 3.10. The number of hydrogen-bond acceptors (Lipinski definition) is 5. The predicted molar refractivity (Wildman–Crippen MR) is 85.6 cm³/mol. The van der Waals surface area contributed by atoms with Crippen LogP contribution in [0, 0.1) is 0 Å². The molecule has 0 spiro atoms. The second-order valence-corrected chi connectivity index (χ2v) is 6.55. The SMILES string of the molecule is CSCc1noc(CN2CC[C@H](c3ccccc3Cl)C2)n1. The van der Waals surface area contributed by atoms with Crippen LogP contribution in [-0.4, -0.2) is 34.4 Å². The summed E-state index contributed by atoms with van der Waals surface area (Å²) in [6.07, 6.45) is 3.15. The van der Waals surface area contributed by atoms with Crippen molar-refractivity contribution >= 4 is 23.4 Å². The zero-order valence-electron chi connectivity index (χ0n) is 12.0. The normalized spacial score (nSPS) is 19.2. The van der Waals surface area contributed by atoms with Crippen molar-refractivity contribution in [3.63, 3.8) is 0 Å². The monoisotopic (exact) mass is 323 g/mol. The van der Waals surface area contributed by atoms with Crippen LogP contribution in [0.1, 0.15) is 29.6 Å². The van der Waals surface area contributed by atoms with Gasteiger partial charge in [0.15, 0.2) is 5.82 Å². The van der Waals surface area contributed by atoms with Crippen molar-refractivity contribution < 1.29 is 4.52 Å². The number of halogens is 1. The van der Waals surface area contributed by atoms with Crippen LogP contribution in [0.4, 0.5) is 0 Å². The molecule has 0 saturated carbocycles. The van der Waals surface area contributed by atoms with Gasteiger partial charge in [-0.1, -0.05) is 35.0 Å². The van der Waals surface area contributed by atoms with Crippen LogP contribution in [0.2, 0.25) is 5.02 Å². The van der Waals surface area contributed by atoms with E-state index >= 15 is 0 Å². The molecule has 0 aliphatic carbocycles. The van der Waals surface area contributed by atoms with Gasteiger partial charge in [0, 0.05) is 11.6 Å². The summed E-state index contributed by atoms with van der Waals surface area (Å²) in [5, 5.41) is 4.85. The second kappa shape index (κ2) is 6.81. The molecule has 1 saturated heterocycles. The first-order valence-corrected chi connectivity index (χ1v) is 8.80. The molecule has 0 amide bonds. The van der Waals surface area contributed by atoms with Gasteiger partial charge in [-0.15, -0.1) is 0 Å². The first kappa shape index (κ1) is 14.9. The maximum atomic E-state index is 6.29. The molecule has 0 N–H and O–H groups in total. The van der Waals surface area contributed by atoms with E-state index in [2.05, 4.69) is 27.2 Å². The molecule has 112 valence electrons. The quantitative estimate of drug-likeness (QED) is 0.841. The lowest BCUT2D eigenvalue weighted by molar-refractivity contribution is 0.265. The summed E-state index contributed by atoms with van der Waals surface area (Å²) in [5.41, 5.74) is 1.25. The Hall–Kier alpha value is -1.04. The van der Waals surface area contributed by atoms with Gasteiger partial charge in [-0.05, 0) is 36.8 Å². The molecule has 1 aliphatic rings. The zero-order valence-corrected chi connectivity index (χ0v) is 13.5. The van der Waals surface area contributed by atoms with Gasteiger partial charge in [0.2, 0.25) is 5.89 Å². The Morgan fingerprint density at radius 1 is 1.43 bits per heavy atom. The van der Waals surface area contributed by atoms with Gasteiger partial charge in [0.25, 0.3) is 0 Å². The van der Waals surface area contributed by atoms with Gasteiger partial charge in [0.05, 0.1) is 12.3 Å². The Kier molecular flexibility index (Phi) is 4.83. The van der Waals surface area contributed by atoms with Gasteiger partial charge >= 0.3 is 0 Å². The molecule has 2 aromatic rings. The maximum absolute atomic E-state index is 6.29. The molecule has 0 unspecified atom stereocenters. The minimum atomic E-state index is 0.493. The molecule has 6 heteroatoms. The smallest absolute Gasteiger partial charge is 0.240 e. The highest BCUT2D eigenvalue weighted by molar-refractivity contribution is 7.97. The van der Waals surface area contributed by atoms with Crippen LogP contribution < -0.4 is 0 Å². The summed E-state index contributed by atoms with van der Waals surface area (Å²) in [6.45, 7) is 2.75. The number of benzene rings is 1. The summed E-state index contributed by atoms with van der Waals surface area (Å²) >= 11 is 7.99. The Morgan fingerprint density at radius 3 is 3.10 bits per heavy atom. The van der Waals surface area contributed by atoms with E-state index in [0.717, 1.165) is 42.7 Å². The van der Waals surface area contributed by atoms with Crippen molar-refractivity contribution in [2.45, 2.75) is 24.6 Å². The first-order valence-electron chi connectivity index (χ1n) is 7.03. The molecule has 21 heavy (non-hydrogen) atoms. The Balaban J connectivity index is 1.60. The summed E-state index contributed by atoms with van der Waals surface area (Å²) < 4.78 is 5.30. The third-order valence-corrected chi connectivity index (χ3v) is 4.65. The molecule has 1 aliphatic heterocycles. The molecule has 0 bridgehead atoms. The van der Waals surface area contributed by atoms with Crippen molar-refractivity contribution in [1.29, 1.82) is 0 Å². The highest BCUT2D eigenvalue weighted by atomic mass is 35.5. The average molecular weight is 324 g/mol. The lowest BCUT2D eigenvalue weighted by atomic mass is 9.98. The van der Waals surface area contributed by atoms with Gasteiger partial charge in [-0.25, -0.2) is 0 Å². The predicted octanol–water partition coefficient (Wildman–Crippen LogP) is 3.58. The largest absolute Gasteiger partial charge is 0.338 e. The third kappa shape index (κ3) is 3.59. The van der Waals surface area contributed by atoms with Gasteiger partial charge in [0.1, 0.15) is 0 Å². The number of nitrogens with zero attached hydrogens (tertiary/aromatic N) is 3. The molecule has 3 rings (SSSR count). The number of likely N-dealkylation sites (tertiary alicyclic amines) is 1. The molecule has 1 aromatic heterocycles. The van der Waals surface area contributed by atoms with E-state index < -0.39 is 0 Å². The maximum Gasteiger partial charge on any atom is 0.240 e. The highest BCUT2D eigenvalue weighted by Crippen LogP contribution is 2.32. The minimum Gasteiger partial charge on any atom is -0.338 e. The summed E-state index contributed by atoms with van der Waals surface area (Å²) in [6, 6.07) is 8.12. The fourth-order valence-electron chi connectivity index (χ4n) is 2.77. The van der Waals surface area contributed by atoms with E-state index in [9.17, 15) is 0 Å². The van der Waals surface area contributed by atoms with Crippen LogP contribution in [-0.2, 0) is 12.3 Å². The lowest BCUT2D eigenvalue weighted by Crippen LogP contribution is -2.20. The van der Waals surface area contributed by atoms with Crippen molar-refractivity contribution in [2.24, 2.45) is 0 Å². The topological polar surface area (TPSA) is 42.2 Å². The van der Waals surface area contributed by atoms with E-state index in [4.69, 9.17) is 16.1 Å². The molecule has 4 nitrogen and oxygen atoms in total. The number of hydrogen-bond donors (Lipinski definition) is 0. The molecule has 1 fully saturated rings. The molecule has 0 radical (unpaired) electrons. The van der Waals surface area contributed by atoms with Gasteiger partial charge in [-0.3, -0.25) is 4.90 Å². The van der Waals surface area contributed by atoms with E-state index in [-0.39, 0.29) is 0 Å². The lowest BCUT2D eigenvalue weighted by Gasteiger charge is -2.14. The van der Waals surface area contributed by atoms with E-state index in [1.54, 1.807) is 11.8 Å². The van der Waals surface area contributed by atoms with Crippen LogP contribution in [0.5, 0.6) is 0 Å². The van der Waals surface area contributed by atoms with Crippen LogP contribution >= 0.6 is 23.4 Å². The van der Waals surface area contributed by atoms with Crippen molar-refractivity contribution in [3.8, 4) is 0 Å². The van der Waals surface area contributed by atoms with E-state index in [1.165, 1.54) is 5.56 Å².